The molecule has 1 N–H and O–H groups in total. The van der Waals surface area contributed by atoms with E-state index in [-0.39, 0.29) is 5.56 Å². The zero-order chi connectivity index (χ0) is 9.68. The maximum atomic E-state index is 11.1. The number of nitrogens with one attached hydrogen (secondary N) is 1. The Kier molecular flexibility index (Phi) is 3.46. The van der Waals surface area contributed by atoms with Crippen LogP contribution in [0.15, 0.2) is 23.1 Å². The molecule has 1 aromatic heterocycles. The Bertz CT molecular complexity index is 381. The minimum atomic E-state index is -0.216. The van der Waals surface area contributed by atoms with Crippen molar-refractivity contribution in [3.63, 3.8) is 0 Å². The van der Waals surface area contributed by atoms with Gasteiger partial charge in [0.25, 0.3) is 5.56 Å². The van der Waals surface area contributed by atoms with Gasteiger partial charge >= 0.3 is 0 Å². The van der Waals surface area contributed by atoms with Crippen LogP contribution >= 0.6 is 11.6 Å². The molecular weight excluding hydrogens is 190 g/mol. The van der Waals surface area contributed by atoms with Crippen LogP contribution in [0.1, 0.15) is 12.0 Å². The molecule has 68 valence electrons. The van der Waals surface area contributed by atoms with E-state index in [1.165, 1.54) is 6.20 Å². The molecule has 0 spiro atoms. The number of halogens is 1. The molecule has 3 nitrogen and oxygen atoms in total. The molecule has 0 radical (unpaired) electrons. The summed E-state index contributed by atoms with van der Waals surface area (Å²) in [6, 6.07) is 1.54. The smallest absolute Gasteiger partial charge is 0.255 e. The number of hydrogen-bond acceptors (Lipinski definition) is 2. The molecular formula is C9H8ClNO2. The van der Waals surface area contributed by atoms with Crippen LogP contribution in [0.25, 0.3) is 6.08 Å². The van der Waals surface area contributed by atoms with Crippen LogP contribution in [0.5, 0.6) is 0 Å². The molecule has 1 rings (SSSR count). The van der Waals surface area contributed by atoms with Gasteiger partial charge in [-0.1, -0.05) is 23.8 Å². The Labute approximate surface area is 80.0 Å². The number of aldehydes is 1. The van der Waals surface area contributed by atoms with Crippen LogP contribution < -0.4 is 5.56 Å². The van der Waals surface area contributed by atoms with Gasteiger partial charge in [-0.25, -0.2) is 0 Å². The number of carbonyl (C=O) groups is 1. The standard InChI is InChI=1S/C9H8ClNO2/c10-8-5-7(3-1-2-4-12)9(13)11-6-8/h1,3-6H,2H2,(H,11,13). The predicted octanol–water partition coefficient (Wildman–Crippen LogP) is 1.63. The first-order valence-electron chi connectivity index (χ1n) is 3.72. The van der Waals surface area contributed by atoms with E-state index in [2.05, 4.69) is 4.98 Å². The number of rotatable bonds is 3. The monoisotopic (exact) mass is 197 g/mol. The Morgan fingerprint density at radius 1 is 1.54 bits per heavy atom. The lowest BCUT2D eigenvalue weighted by atomic mass is 10.2. The maximum absolute atomic E-state index is 11.1. The highest BCUT2D eigenvalue weighted by Crippen LogP contribution is 2.06. The molecule has 0 aliphatic heterocycles. The second kappa shape index (κ2) is 4.62. The molecule has 0 fully saturated rings. The summed E-state index contributed by atoms with van der Waals surface area (Å²) in [7, 11) is 0. The second-order valence-electron chi connectivity index (χ2n) is 2.41. The van der Waals surface area contributed by atoms with Crippen LogP contribution in [0.3, 0.4) is 0 Å². The van der Waals surface area contributed by atoms with Gasteiger partial charge in [0.05, 0.1) is 5.02 Å². The minimum Gasteiger partial charge on any atom is -0.327 e. The lowest BCUT2D eigenvalue weighted by molar-refractivity contribution is -0.107. The molecule has 0 amide bonds. The SMILES string of the molecule is O=CCC=Cc1cc(Cl)c[nH]c1=O. The summed E-state index contributed by atoms with van der Waals surface area (Å²) in [4.78, 5) is 23.6. The van der Waals surface area contributed by atoms with E-state index in [0.717, 1.165) is 6.29 Å². The molecule has 0 aromatic carbocycles. The zero-order valence-electron chi connectivity index (χ0n) is 6.79. The highest BCUT2D eigenvalue weighted by Gasteiger charge is 1.94. The number of aromatic nitrogens is 1. The van der Waals surface area contributed by atoms with Gasteiger partial charge in [-0.15, -0.1) is 0 Å². The lowest BCUT2D eigenvalue weighted by Gasteiger charge is -1.92. The fraction of sp³-hybridized carbons (Fsp3) is 0.111. The third kappa shape index (κ3) is 2.87. The molecule has 0 atom stereocenters. The van der Waals surface area contributed by atoms with Gasteiger partial charge in [0.2, 0.25) is 0 Å². The third-order valence-corrected chi connectivity index (χ3v) is 1.64. The van der Waals surface area contributed by atoms with Crippen molar-refractivity contribution in [2.45, 2.75) is 6.42 Å². The molecule has 4 heteroatoms. The Balaban J connectivity index is 2.93. The molecule has 1 heterocycles. The third-order valence-electron chi connectivity index (χ3n) is 1.43. The van der Waals surface area contributed by atoms with E-state index in [9.17, 15) is 9.59 Å². The van der Waals surface area contributed by atoms with E-state index in [1.807, 2.05) is 0 Å². The summed E-state index contributed by atoms with van der Waals surface area (Å²) in [5.74, 6) is 0. The molecule has 0 saturated carbocycles. The van der Waals surface area contributed by atoms with Crippen molar-refractivity contribution in [1.29, 1.82) is 0 Å². The number of pyridine rings is 1. The average Bonchev–Trinajstić information content (AvgIpc) is 2.11. The molecule has 0 aliphatic carbocycles. The van der Waals surface area contributed by atoms with Crippen molar-refractivity contribution in [3.8, 4) is 0 Å². The van der Waals surface area contributed by atoms with Gasteiger partial charge in [0.15, 0.2) is 0 Å². The van der Waals surface area contributed by atoms with Gasteiger partial charge in [-0.05, 0) is 6.07 Å². The Morgan fingerprint density at radius 2 is 2.31 bits per heavy atom. The second-order valence-corrected chi connectivity index (χ2v) is 2.84. The highest BCUT2D eigenvalue weighted by molar-refractivity contribution is 6.30. The van der Waals surface area contributed by atoms with Crippen LogP contribution in [0, 0.1) is 0 Å². The summed E-state index contributed by atoms with van der Waals surface area (Å²) in [6.45, 7) is 0. The largest absolute Gasteiger partial charge is 0.327 e. The summed E-state index contributed by atoms with van der Waals surface area (Å²) in [5.41, 5.74) is 0.237. The number of hydrogen-bond donors (Lipinski definition) is 1. The molecule has 0 unspecified atom stereocenters. The highest BCUT2D eigenvalue weighted by atomic mass is 35.5. The van der Waals surface area contributed by atoms with Gasteiger partial charge in [0, 0.05) is 18.2 Å². The van der Waals surface area contributed by atoms with E-state index >= 15 is 0 Å². The summed E-state index contributed by atoms with van der Waals surface area (Å²) >= 11 is 5.66. The van der Waals surface area contributed by atoms with Crippen LogP contribution in [0.2, 0.25) is 5.02 Å². The Morgan fingerprint density at radius 3 is 3.00 bits per heavy atom. The topological polar surface area (TPSA) is 49.9 Å². The number of H-pyrrole nitrogens is 1. The number of aromatic amines is 1. The van der Waals surface area contributed by atoms with Gasteiger partial charge in [-0.3, -0.25) is 4.79 Å². The van der Waals surface area contributed by atoms with Crippen LogP contribution in [-0.2, 0) is 4.79 Å². The van der Waals surface area contributed by atoms with Crippen molar-refractivity contribution >= 4 is 24.0 Å². The molecule has 1 aromatic rings. The van der Waals surface area contributed by atoms with E-state index in [0.29, 0.717) is 17.0 Å². The zero-order valence-corrected chi connectivity index (χ0v) is 7.54. The van der Waals surface area contributed by atoms with Gasteiger partial charge < -0.3 is 9.78 Å². The van der Waals surface area contributed by atoms with Crippen molar-refractivity contribution in [1.82, 2.24) is 4.98 Å². The minimum absolute atomic E-state index is 0.216. The van der Waals surface area contributed by atoms with E-state index in [4.69, 9.17) is 11.6 Å². The average molecular weight is 198 g/mol. The molecule has 0 aliphatic rings. The van der Waals surface area contributed by atoms with Crippen molar-refractivity contribution in [3.05, 3.63) is 39.3 Å². The summed E-state index contributed by atoms with van der Waals surface area (Å²) in [5, 5.41) is 0.463. The fourth-order valence-electron chi connectivity index (χ4n) is 0.848. The summed E-state index contributed by atoms with van der Waals surface area (Å²) in [6.07, 6.45) is 5.65. The summed E-state index contributed by atoms with van der Waals surface area (Å²) < 4.78 is 0. The first-order chi connectivity index (χ1) is 6.24. The normalized spacial score (nSPS) is 10.5. The van der Waals surface area contributed by atoms with Crippen LogP contribution in [0.4, 0.5) is 0 Å². The number of allylic oxidation sites excluding steroid dienone is 1. The van der Waals surface area contributed by atoms with Crippen molar-refractivity contribution in [2.75, 3.05) is 0 Å². The number of carbonyl (C=O) groups excluding carboxylic acids is 1. The lowest BCUT2D eigenvalue weighted by Crippen LogP contribution is -2.07. The van der Waals surface area contributed by atoms with Gasteiger partial charge in [-0.2, -0.15) is 0 Å². The quantitative estimate of drug-likeness (QED) is 0.749. The first-order valence-corrected chi connectivity index (χ1v) is 4.10. The van der Waals surface area contributed by atoms with Crippen LogP contribution in [-0.4, -0.2) is 11.3 Å². The van der Waals surface area contributed by atoms with Crippen molar-refractivity contribution in [2.24, 2.45) is 0 Å². The van der Waals surface area contributed by atoms with Gasteiger partial charge in [0.1, 0.15) is 6.29 Å². The van der Waals surface area contributed by atoms with E-state index < -0.39 is 0 Å². The van der Waals surface area contributed by atoms with Crippen molar-refractivity contribution < 1.29 is 4.79 Å². The predicted molar refractivity (Wildman–Crippen MR) is 51.8 cm³/mol. The Hall–Kier alpha value is -1.35. The molecule has 0 bridgehead atoms. The van der Waals surface area contributed by atoms with E-state index in [1.54, 1.807) is 18.2 Å². The molecule has 13 heavy (non-hydrogen) atoms. The maximum Gasteiger partial charge on any atom is 0.255 e. The first kappa shape index (κ1) is 9.74. The molecule has 0 saturated heterocycles. The fourth-order valence-corrected chi connectivity index (χ4v) is 1.02.